The van der Waals surface area contributed by atoms with Crippen LogP contribution in [0.25, 0.3) is 0 Å². The summed E-state index contributed by atoms with van der Waals surface area (Å²) in [4.78, 5) is 0. The molecule has 0 aromatic rings. The summed E-state index contributed by atoms with van der Waals surface area (Å²) in [5.41, 5.74) is 0. The molecule has 0 atom stereocenters. The molecule has 0 amide bonds. The molecule has 0 spiro atoms. The van der Waals surface area contributed by atoms with Crippen LogP contribution in [-0.2, 0) is 12.6 Å². The van der Waals surface area contributed by atoms with E-state index in [4.69, 9.17) is 37.1 Å². The van der Waals surface area contributed by atoms with Crippen molar-refractivity contribution in [2.45, 2.75) is 37.8 Å². The Morgan fingerprint density at radius 3 is 1.80 bits per heavy atom. The van der Waals surface area contributed by atoms with Crippen LogP contribution in [0.1, 0.15) is 25.7 Å². The molecule has 15 heavy (non-hydrogen) atoms. The number of thiol groups is 1. The largest absolute Gasteiger partial charge is 1.00 e. The third-order valence-electron chi connectivity index (χ3n) is 2.38. The first-order valence-corrected chi connectivity index (χ1v) is 6.22. The van der Waals surface area contributed by atoms with E-state index < -0.39 is 0 Å². The van der Waals surface area contributed by atoms with Gasteiger partial charge in [0.15, 0.2) is 0 Å². The minimum Gasteiger partial charge on any atom is -0.412 e. The summed E-state index contributed by atoms with van der Waals surface area (Å²) in [5, 5.41) is 6.29. The van der Waals surface area contributed by atoms with Gasteiger partial charge in [-0.25, -0.2) is 0 Å². The van der Waals surface area contributed by atoms with Crippen molar-refractivity contribution in [3.05, 3.63) is 0 Å². The van der Waals surface area contributed by atoms with Gasteiger partial charge in [-0.3, -0.25) is 0 Å². The smallest absolute Gasteiger partial charge is 0.412 e. The summed E-state index contributed by atoms with van der Waals surface area (Å²) >= 11 is 18.6. The molecule has 0 heterocycles. The Labute approximate surface area is 135 Å². The third-order valence-corrected chi connectivity index (χ3v) is 2.86. The molecule has 0 aromatic heterocycles. The second-order valence-electron chi connectivity index (χ2n) is 3.43. The SMILES string of the molecule is S=C([S-])NC1CCC(NC(=S)S)CC1.[Na+]. The molecule has 0 unspecified atom stereocenters. The van der Waals surface area contributed by atoms with Crippen molar-refractivity contribution in [3.8, 4) is 0 Å². The molecule has 80 valence electrons. The number of hydrogen-bond donors (Lipinski definition) is 3. The zero-order valence-electron chi connectivity index (χ0n) is 8.66. The standard InChI is InChI=1S/C8H14N2S4.Na/c11-7(12)9-5-1-2-6(4-3-5)10-8(13)14;/h5-6H,1-4H2,(H2,9,11,12)(H2,10,13,14);/q;+1/p-1. The maximum absolute atomic E-state index is 4.88. The van der Waals surface area contributed by atoms with Crippen molar-refractivity contribution in [1.82, 2.24) is 10.6 Å². The molecule has 0 aliphatic heterocycles. The van der Waals surface area contributed by atoms with E-state index in [1.807, 2.05) is 0 Å². The fourth-order valence-corrected chi connectivity index (χ4v) is 2.41. The van der Waals surface area contributed by atoms with E-state index in [9.17, 15) is 0 Å². The minimum absolute atomic E-state index is 0. The van der Waals surface area contributed by atoms with Gasteiger partial charge in [-0.15, -0.1) is 12.6 Å². The maximum Gasteiger partial charge on any atom is 1.00 e. The van der Waals surface area contributed by atoms with Crippen molar-refractivity contribution in [2.24, 2.45) is 0 Å². The zero-order chi connectivity index (χ0) is 10.6. The Kier molecular flexibility index (Phi) is 9.20. The number of thiocarbonyl (C=S) groups is 2. The number of hydrogen-bond acceptors (Lipinski definition) is 3. The first-order valence-electron chi connectivity index (χ1n) is 4.55. The molecule has 0 bridgehead atoms. The van der Waals surface area contributed by atoms with Crippen molar-refractivity contribution >= 4 is 58.3 Å². The molecule has 1 aliphatic carbocycles. The summed E-state index contributed by atoms with van der Waals surface area (Å²) < 4.78 is 1.06. The second-order valence-corrected chi connectivity index (χ2v) is 5.66. The van der Waals surface area contributed by atoms with E-state index in [0.29, 0.717) is 20.7 Å². The topological polar surface area (TPSA) is 24.1 Å². The first-order chi connectivity index (χ1) is 6.58. The van der Waals surface area contributed by atoms with Crippen molar-refractivity contribution in [3.63, 3.8) is 0 Å². The van der Waals surface area contributed by atoms with Crippen LogP contribution in [-0.4, -0.2) is 20.7 Å². The molecule has 0 radical (unpaired) electrons. The maximum atomic E-state index is 4.88. The quantitative estimate of drug-likeness (QED) is 0.249. The van der Waals surface area contributed by atoms with Crippen molar-refractivity contribution in [1.29, 1.82) is 0 Å². The molecule has 2 N–H and O–H groups in total. The van der Waals surface area contributed by atoms with Gasteiger partial charge in [0.2, 0.25) is 0 Å². The van der Waals surface area contributed by atoms with Gasteiger partial charge in [-0.2, -0.15) is 0 Å². The average molecular weight is 288 g/mol. The van der Waals surface area contributed by atoms with E-state index in [2.05, 4.69) is 23.3 Å². The van der Waals surface area contributed by atoms with Crippen LogP contribution in [0.3, 0.4) is 0 Å². The number of rotatable bonds is 2. The van der Waals surface area contributed by atoms with E-state index in [1.165, 1.54) is 0 Å². The third kappa shape index (κ3) is 7.31. The normalized spacial score (nSPS) is 24.9. The van der Waals surface area contributed by atoms with Gasteiger partial charge < -0.3 is 35.5 Å². The van der Waals surface area contributed by atoms with Crippen LogP contribution in [0.5, 0.6) is 0 Å². The van der Waals surface area contributed by atoms with Gasteiger partial charge in [0.05, 0.1) is 0 Å². The van der Waals surface area contributed by atoms with Gasteiger partial charge in [-0.05, 0) is 25.7 Å². The van der Waals surface area contributed by atoms with Crippen LogP contribution < -0.4 is 40.2 Å². The van der Waals surface area contributed by atoms with Gasteiger partial charge in [0.1, 0.15) is 4.32 Å². The minimum atomic E-state index is 0. The number of nitrogens with one attached hydrogen (secondary N) is 2. The van der Waals surface area contributed by atoms with E-state index in [1.54, 1.807) is 0 Å². The molecular weight excluding hydrogens is 275 g/mol. The summed E-state index contributed by atoms with van der Waals surface area (Å²) in [6.07, 6.45) is 4.36. The van der Waals surface area contributed by atoms with Gasteiger partial charge in [-0.1, -0.05) is 16.5 Å². The molecule has 1 rings (SSSR count). The summed E-state index contributed by atoms with van der Waals surface area (Å²) in [7, 11) is 0. The summed E-state index contributed by atoms with van der Waals surface area (Å²) in [5.74, 6) is 0. The molecular formula is C8H13N2NaS4. The van der Waals surface area contributed by atoms with Crippen LogP contribution in [0.15, 0.2) is 0 Å². The van der Waals surface area contributed by atoms with Crippen LogP contribution >= 0.6 is 37.1 Å². The van der Waals surface area contributed by atoms with E-state index in [0.717, 1.165) is 25.7 Å². The molecule has 1 aliphatic rings. The monoisotopic (exact) mass is 288 g/mol. The molecule has 7 heteroatoms. The predicted molar refractivity (Wildman–Crippen MR) is 73.9 cm³/mol. The van der Waals surface area contributed by atoms with E-state index in [-0.39, 0.29) is 29.6 Å². The van der Waals surface area contributed by atoms with Crippen LogP contribution in [0, 0.1) is 0 Å². The van der Waals surface area contributed by atoms with Gasteiger partial charge >= 0.3 is 29.6 Å². The fraction of sp³-hybridized carbons (Fsp3) is 0.750. The Hall–Kier alpha value is 1.35. The predicted octanol–water partition coefficient (Wildman–Crippen LogP) is -1.47. The van der Waals surface area contributed by atoms with Crippen LogP contribution in [0.2, 0.25) is 0 Å². The van der Waals surface area contributed by atoms with Crippen LogP contribution in [0.4, 0.5) is 0 Å². The first kappa shape index (κ1) is 16.4. The summed E-state index contributed by atoms with van der Waals surface area (Å²) in [6.45, 7) is 0. The molecule has 1 saturated carbocycles. The van der Waals surface area contributed by atoms with Crippen molar-refractivity contribution < 1.29 is 29.6 Å². The van der Waals surface area contributed by atoms with Crippen molar-refractivity contribution in [2.75, 3.05) is 0 Å². The molecule has 0 aromatic carbocycles. The Balaban J connectivity index is 0.00000196. The second kappa shape index (κ2) is 8.44. The molecule has 2 nitrogen and oxygen atoms in total. The Bertz CT molecular complexity index is 205. The van der Waals surface area contributed by atoms with E-state index >= 15 is 0 Å². The zero-order valence-corrected chi connectivity index (χ0v) is 14.0. The van der Waals surface area contributed by atoms with Gasteiger partial charge in [0, 0.05) is 12.1 Å². The molecule has 0 saturated heterocycles. The Morgan fingerprint density at radius 1 is 1.07 bits per heavy atom. The summed E-state index contributed by atoms with van der Waals surface area (Å²) in [6, 6.07) is 0.920. The Morgan fingerprint density at radius 2 is 1.47 bits per heavy atom. The average Bonchev–Trinajstić information content (AvgIpc) is 2.06. The molecule has 1 fully saturated rings. The fourth-order valence-electron chi connectivity index (χ4n) is 1.72. The van der Waals surface area contributed by atoms with Gasteiger partial charge in [0.25, 0.3) is 0 Å².